The van der Waals surface area contributed by atoms with E-state index in [1.54, 1.807) is 11.8 Å². The molecule has 0 aliphatic carbocycles. The molecule has 1 aliphatic rings. The first-order valence-corrected chi connectivity index (χ1v) is 6.69. The molecule has 1 fully saturated rings. The monoisotopic (exact) mass is 246 g/mol. The van der Waals surface area contributed by atoms with Crippen LogP contribution >= 0.6 is 11.8 Å². The van der Waals surface area contributed by atoms with Gasteiger partial charge >= 0.3 is 0 Å². The number of nitrogens with one attached hydrogen (secondary N) is 1. The fourth-order valence-electron chi connectivity index (χ4n) is 1.53. The Balaban J connectivity index is 2.37. The number of rotatable bonds is 4. The summed E-state index contributed by atoms with van der Waals surface area (Å²) >= 11 is 1.44. The van der Waals surface area contributed by atoms with Crippen LogP contribution in [0.4, 0.5) is 0 Å². The van der Waals surface area contributed by atoms with Gasteiger partial charge in [-0.25, -0.2) is 0 Å². The molecule has 0 aromatic carbocycles. The molecule has 0 aromatic rings. The third-order valence-corrected chi connectivity index (χ3v) is 2.90. The Morgan fingerprint density at radius 3 is 2.62 bits per heavy atom. The second-order valence-corrected chi connectivity index (χ2v) is 4.53. The van der Waals surface area contributed by atoms with Crippen LogP contribution < -0.4 is 5.32 Å². The summed E-state index contributed by atoms with van der Waals surface area (Å²) in [7, 11) is 0. The predicted octanol–water partition coefficient (Wildman–Crippen LogP) is -0.287. The van der Waals surface area contributed by atoms with Crippen LogP contribution in [-0.4, -0.2) is 61.1 Å². The maximum absolute atomic E-state index is 11.9. The fraction of sp³-hybridized carbons (Fsp3) is 0.800. The van der Waals surface area contributed by atoms with Gasteiger partial charge in [0, 0.05) is 13.1 Å². The fourth-order valence-corrected chi connectivity index (χ4v) is 1.88. The smallest absolute Gasteiger partial charge is 0.245 e. The van der Waals surface area contributed by atoms with Gasteiger partial charge < -0.3 is 15.0 Å². The van der Waals surface area contributed by atoms with Gasteiger partial charge in [0.2, 0.25) is 11.8 Å². The van der Waals surface area contributed by atoms with Crippen molar-refractivity contribution in [1.82, 2.24) is 10.2 Å². The molecule has 1 heterocycles. The van der Waals surface area contributed by atoms with Gasteiger partial charge in [0.15, 0.2) is 0 Å². The van der Waals surface area contributed by atoms with Gasteiger partial charge in [-0.05, 0) is 13.2 Å². The van der Waals surface area contributed by atoms with E-state index in [0.717, 1.165) is 0 Å². The zero-order valence-electron chi connectivity index (χ0n) is 9.69. The Bertz CT molecular complexity index is 254. The second kappa shape index (κ2) is 6.75. The molecule has 6 heteroatoms. The molecule has 0 aromatic heterocycles. The van der Waals surface area contributed by atoms with Gasteiger partial charge in [-0.15, -0.1) is 0 Å². The zero-order chi connectivity index (χ0) is 12.0. The van der Waals surface area contributed by atoms with Crippen molar-refractivity contribution in [3.63, 3.8) is 0 Å². The number of nitrogens with zero attached hydrogens (tertiary/aromatic N) is 1. The molecule has 0 radical (unpaired) electrons. The molecule has 0 saturated carbocycles. The standard InChI is InChI=1S/C10H18N2O3S/c1-8(11-9(13)7-16-2)10(14)12-3-5-15-6-4-12/h8H,3-7H2,1-2H3,(H,11,13). The summed E-state index contributed by atoms with van der Waals surface area (Å²) in [5.74, 6) is 0.264. The molecule has 2 amide bonds. The molecule has 1 N–H and O–H groups in total. The molecular formula is C10H18N2O3S. The zero-order valence-corrected chi connectivity index (χ0v) is 10.5. The molecule has 5 nitrogen and oxygen atoms in total. The molecule has 1 aliphatic heterocycles. The normalized spacial score (nSPS) is 18.0. The van der Waals surface area contributed by atoms with Crippen LogP contribution in [0.5, 0.6) is 0 Å². The molecule has 1 atom stereocenters. The van der Waals surface area contributed by atoms with E-state index in [2.05, 4.69) is 5.32 Å². The van der Waals surface area contributed by atoms with Crippen molar-refractivity contribution >= 4 is 23.6 Å². The van der Waals surface area contributed by atoms with Gasteiger partial charge in [0.05, 0.1) is 19.0 Å². The van der Waals surface area contributed by atoms with Gasteiger partial charge in [-0.2, -0.15) is 11.8 Å². The average Bonchev–Trinajstić information content (AvgIpc) is 2.29. The molecule has 1 saturated heterocycles. The maximum atomic E-state index is 11.9. The number of hydrogen-bond acceptors (Lipinski definition) is 4. The van der Waals surface area contributed by atoms with E-state index < -0.39 is 6.04 Å². The van der Waals surface area contributed by atoms with Crippen LogP contribution in [0.15, 0.2) is 0 Å². The highest BCUT2D eigenvalue weighted by molar-refractivity contribution is 7.99. The lowest BCUT2D eigenvalue weighted by Gasteiger charge is -2.29. The van der Waals surface area contributed by atoms with E-state index in [1.807, 2.05) is 6.26 Å². The van der Waals surface area contributed by atoms with Crippen molar-refractivity contribution in [3.8, 4) is 0 Å². The van der Waals surface area contributed by atoms with Crippen molar-refractivity contribution < 1.29 is 14.3 Å². The van der Waals surface area contributed by atoms with E-state index in [1.165, 1.54) is 11.8 Å². The highest BCUT2D eigenvalue weighted by Crippen LogP contribution is 2.01. The van der Waals surface area contributed by atoms with Crippen molar-refractivity contribution in [2.45, 2.75) is 13.0 Å². The van der Waals surface area contributed by atoms with E-state index in [-0.39, 0.29) is 11.8 Å². The SMILES string of the molecule is CSCC(=O)NC(C)C(=O)N1CCOCC1. The van der Waals surface area contributed by atoms with Crippen molar-refractivity contribution in [3.05, 3.63) is 0 Å². The van der Waals surface area contributed by atoms with Gasteiger partial charge in [-0.3, -0.25) is 9.59 Å². The Morgan fingerprint density at radius 1 is 1.44 bits per heavy atom. The maximum Gasteiger partial charge on any atom is 0.245 e. The topological polar surface area (TPSA) is 58.6 Å². The number of amides is 2. The molecule has 0 bridgehead atoms. The van der Waals surface area contributed by atoms with Crippen molar-refractivity contribution in [2.24, 2.45) is 0 Å². The summed E-state index contributed by atoms with van der Waals surface area (Å²) in [6.45, 7) is 4.10. The molecule has 1 unspecified atom stereocenters. The minimum Gasteiger partial charge on any atom is -0.378 e. The minimum atomic E-state index is -0.447. The Hall–Kier alpha value is -0.750. The molecule has 1 rings (SSSR count). The second-order valence-electron chi connectivity index (χ2n) is 3.66. The summed E-state index contributed by atoms with van der Waals surface area (Å²) < 4.78 is 5.16. The number of thioether (sulfide) groups is 1. The highest BCUT2D eigenvalue weighted by Gasteiger charge is 2.23. The van der Waals surface area contributed by atoms with Crippen LogP contribution in [0.25, 0.3) is 0 Å². The van der Waals surface area contributed by atoms with Crippen LogP contribution in [0, 0.1) is 0 Å². The lowest BCUT2D eigenvalue weighted by molar-refractivity contribution is -0.139. The summed E-state index contributed by atoms with van der Waals surface area (Å²) in [5, 5.41) is 2.69. The van der Waals surface area contributed by atoms with Crippen LogP contribution in [0.3, 0.4) is 0 Å². The molecular weight excluding hydrogens is 228 g/mol. The Morgan fingerprint density at radius 2 is 2.06 bits per heavy atom. The highest BCUT2D eigenvalue weighted by atomic mass is 32.2. The van der Waals surface area contributed by atoms with Crippen molar-refractivity contribution in [1.29, 1.82) is 0 Å². The Kier molecular flexibility index (Phi) is 5.62. The van der Waals surface area contributed by atoms with E-state index in [4.69, 9.17) is 4.74 Å². The Labute approximate surface area is 99.9 Å². The minimum absolute atomic E-state index is 0.0299. The quantitative estimate of drug-likeness (QED) is 0.741. The largest absolute Gasteiger partial charge is 0.378 e. The summed E-state index contributed by atoms with van der Waals surface area (Å²) in [6.07, 6.45) is 1.86. The summed E-state index contributed by atoms with van der Waals surface area (Å²) in [6, 6.07) is -0.447. The van der Waals surface area contributed by atoms with Crippen LogP contribution in [-0.2, 0) is 14.3 Å². The third-order valence-electron chi connectivity index (χ3n) is 2.35. The van der Waals surface area contributed by atoms with E-state index in [0.29, 0.717) is 32.1 Å². The molecule has 0 spiro atoms. The average molecular weight is 246 g/mol. The number of hydrogen-bond donors (Lipinski definition) is 1. The van der Waals surface area contributed by atoms with Crippen LogP contribution in [0.1, 0.15) is 6.92 Å². The first-order valence-electron chi connectivity index (χ1n) is 5.30. The number of morpholine rings is 1. The predicted molar refractivity (Wildman–Crippen MR) is 63.4 cm³/mol. The number of ether oxygens (including phenoxy) is 1. The van der Waals surface area contributed by atoms with Gasteiger partial charge in [-0.1, -0.05) is 0 Å². The first-order chi connectivity index (χ1) is 7.65. The van der Waals surface area contributed by atoms with E-state index in [9.17, 15) is 9.59 Å². The van der Waals surface area contributed by atoms with Gasteiger partial charge in [0.25, 0.3) is 0 Å². The van der Waals surface area contributed by atoms with E-state index >= 15 is 0 Å². The van der Waals surface area contributed by atoms with Crippen molar-refractivity contribution in [2.75, 3.05) is 38.3 Å². The number of carbonyl (C=O) groups excluding carboxylic acids is 2. The number of carbonyl (C=O) groups is 2. The lowest BCUT2D eigenvalue weighted by Crippen LogP contribution is -2.50. The van der Waals surface area contributed by atoms with Gasteiger partial charge in [0.1, 0.15) is 6.04 Å². The summed E-state index contributed by atoms with van der Waals surface area (Å²) in [5.41, 5.74) is 0. The van der Waals surface area contributed by atoms with Crippen LogP contribution in [0.2, 0.25) is 0 Å². The first kappa shape index (κ1) is 13.3. The third kappa shape index (κ3) is 4.02. The summed E-state index contributed by atoms with van der Waals surface area (Å²) in [4.78, 5) is 24.9. The molecule has 92 valence electrons. The molecule has 16 heavy (non-hydrogen) atoms. The lowest BCUT2D eigenvalue weighted by atomic mass is 10.2.